The molecule has 100 valence electrons. The second kappa shape index (κ2) is 6.04. The Morgan fingerprint density at radius 1 is 1.26 bits per heavy atom. The summed E-state index contributed by atoms with van der Waals surface area (Å²) in [5.41, 5.74) is 6.69. The van der Waals surface area contributed by atoms with E-state index in [9.17, 15) is 0 Å². The van der Waals surface area contributed by atoms with Crippen LogP contribution in [0.1, 0.15) is 19.2 Å². The molecule has 0 spiro atoms. The maximum absolute atomic E-state index is 5.78. The molecule has 0 fully saturated rings. The minimum absolute atomic E-state index is 0.476. The minimum atomic E-state index is 0.476. The van der Waals surface area contributed by atoms with Crippen LogP contribution in [-0.4, -0.2) is 17.1 Å². The first-order valence-corrected chi connectivity index (χ1v) is 6.25. The average Bonchev–Trinajstić information content (AvgIpc) is 2.38. The van der Waals surface area contributed by atoms with Crippen molar-refractivity contribution in [1.29, 1.82) is 0 Å². The summed E-state index contributed by atoms with van der Waals surface area (Å²) in [6.45, 7) is 2.09. The summed E-state index contributed by atoms with van der Waals surface area (Å²) in [5, 5.41) is 3.21. The Balaban J connectivity index is 2.22. The van der Waals surface area contributed by atoms with Gasteiger partial charge in [-0.1, -0.05) is 13.0 Å². The Kier molecular flexibility index (Phi) is 4.18. The number of anilines is 3. The zero-order valence-electron chi connectivity index (χ0n) is 11.2. The second-order valence-electron chi connectivity index (χ2n) is 4.20. The quantitative estimate of drug-likeness (QED) is 0.862. The van der Waals surface area contributed by atoms with E-state index in [0.29, 0.717) is 11.6 Å². The zero-order valence-corrected chi connectivity index (χ0v) is 11.2. The fourth-order valence-electron chi connectivity index (χ4n) is 1.77. The van der Waals surface area contributed by atoms with Gasteiger partial charge in [0.1, 0.15) is 23.2 Å². The predicted molar refractivity (Wildman–Crippen MR) is 76.7 cm³/mol. The first kappa shape index (κ1) is 13.1. The van der Waals surface area contributed by atoms with E-state index >= 15 is 0 Å². The summed E-state index contributed by atoms with van der Waals surface area (Å²) in [6, 6.07) is 9.37. The second-order valence-corrected chi connectivity index (χ2v) is 4.20. The third-order valence-corrected chi connectivity index (χ3v) is 2.61. The van der Waals surface area contributed by atoms with Crippen LogP contribution >= 0.6 is 0 Å². The van der Waals surface area contributed by atoms with Crippen LogP contribution in [0.3, 0.4) is 0 Å². The van der Waals surface area contributed by atoms with E-state index in [1.165, 1.54) is 0 Å². The smallest absolute Gasteiger partial charge is 0.136 e. The molecule has 0 aliphatic heterocycles. The van der Waals surface area contributed by atoms with Gasteiger partial charge in [0, 0.05) is 24.2 Å². The van der Waals surface area contributed by atoms with E-state index in [1.807, 2.05) is 24.3 Å². The average molecular weight is 258 g/mol. The molecule has 19 heavy (non-hydrogen) atoms. The molecule has 0 unspecified atom stereocenters. The van der Waals surface area contributed by atoms with Crippen LogP contribution in [0.15, 0.2) is 30.3 Å². The Labute approximate surface area is 112 Å². The van der Waals surface area contributed by atoms with Crippen molar-refractivity contribution in [3.8, 4) is 5.75 Å². The maximum atomic E-state index is 5.78. The van der Waals surface area contributed by atoms with Gasteiger partial charge in [0.15, 0.2) is 0 Å². The number of nitrogen functional groups attached to an aromatic ring is 1. The van der Waals surface area contributed by atoms with E-state index < -0.39 is 0 Å². The summed E-state index contributed by atoms with van der Waals surface area (Å²) in [4.78, 5) is 8.63. The van der Waals surface area contributed by atoms with Crippen LogP contribution in [0.2, 0.25) is 0 Å². The van der Waals surface area contributed by atoms with Crippen molar-refractivity contribution in [2.24, 2.45) is 0 Å². The molecule has 0 aliphatic carbocycles. The number of nitrogens with zero attached hydrogens (tertiary/aromatic N) is 2. The van der Waals surface area contributed by atoms with Crippen molar-refractivity contribution in [1.82, 2.24) is 9.97 Å². The summed E-state index contributed by atoms with van der Waals surface area (Å²) in [5.74, 6) is 2.72. The molecule has 5 nitrogen and oxygen atoms in total. The number of ether oxygens (including phenoxy) is 1. The van der Waals surface area contributed by atoms with Gasteiger partial charge in [0.2, 0.25) is 0 Å². The third kappa shape index (κ3) is 3.58. The molecule has 0 saturated heterocycles. The normalized spacial score (nSPS) is 10.2. The van der Waals surface area contributed by atoms with Gasteiger partial charge in [-0.15, -0.1) is 0 Å². The lowest BCUT2D eigenvalue weighted by Crippen LogP contribution is -2.03. The highest BCUT2D eigenvalue weighted by Gasteiger charge is 2.03. The van der Waals surface area contributed by atoms with Crippen molar-refractivity contribution in [3.05, 3.63) is 36.2 Å². The summed E-state index contributed by atoms with van der Waals surface area (Å²) in [7, 11) is 1.64. The molecule has 0 amide bonds. The van der Waals surface area contributed by atoms with Gasteiger partial charge < -0.3 is 15.8 Å². The molecule has 3 N–H and O–H groups in total. The highest BCUT2D eigenvalue weighted by Crippen LogP contribution is 2.21. The van der Waals surface area contributed by atoms with Gasteiger partial charge in [0.05, 0.1) is 7.11 Å². The summed E-state index contributed by atoms with van der Waals surface area (Å²) in [6.07, 6.45) is 1.81. The lowest BCUT2D eigenvalue weighted by Gasteiger charge is -2.09. The number of aryl methyl sites for hydroxylation is 1. The van der Waals surface area contributed by atoms with Crippen LogP contribution in [0.25, 0.3) is 0 Å². The summed E-state index contributed by atoms with van der Waals surface area (Å²) >= 11 is 0. The molecule has 1 heterocycles. The summed E-state index contributed by atoms with van der Waals surface area (Å²) < 4.78 is 5.18. The Morgan fingerprint density at radius 3 is 2.84 bits per heavy atom. The molecule has 1 aromatic carbocycles. The largest absolute Gasteiger partial charge is 0.497 e. The third-order valence-electron chi connectivity index (χ3n) is 2.61. The van der Waals surface area contributed by atoms with Crippen LogP contribution in [0.5, 0.6) is 5.75 Å². The number of rotatable bonds is 5. The highest BCUT2D eigenvalue weighted by molar-refractivity contribution is 5.60. The van der Waals surface area contributed by atoms with Crippen molar-refractivity contribution < 1.29 is 4.74 Å². The van der Waals surface area contributed by atoms with Crippen molar-refractivity contribution >= 4 is 17.3 Å². The van der Waals surface area contributed by atoms with Gasteiger partial charge in [-0.2, -0.15) is 0 Å². The number of nitrogens with two attached hydrogens (primary N) is 1. The van der Waals surface area contributed by atoms with E-state index in [0.717, 1.165) is 30.1 Å². The fraction of sp³-hybridized carbons (Fsp3) is 0.286. The molecule has 0 radical (unpaired) electrons. The van der Waals surface area contributed by atoms with Gasteiger partial charge in [-0.3, -0.25) is 0 Å². The number of hydrogen-bond acceptors (Lipinski definition) is 5. The van der Waals surface area contributed by atoms with Crippen LogP contribution in [-0.2, 0) is 6.42 Å². The van der Waals surface area contributed by atoms with Gasteiger partial charge in [-0.25, -0.2) is 9.97 Å². The zero-order chi connectivity index (χ0) is 13.7. The number of hydrogen-bond donors (Lipinski definition) is 2. The topological polar surface area (TPSA) is 73.1 Å². The molecule has 0 bridgehead atoms. The lowest BCUT2D eigenvalue weighted by molar-refractivity contribution is 0.415. The van der Waals surface area contributed by atoms with E-state index in [2.05, 4.69) is 22.2 Å². The Bertz CT molecular complexity index is 557. The number of methoxy groups -OCH3 is 1. The van der Waals surface area contributed by atoms with Crippen molar-refractivity contribution in [2.75, 3.05) is 18.2 Å². The van der Waals surface area contributed by atoms with Gasteiger partial charge in [-0.05, 0) is 18.6 Å². The standard InChI is InChI=1S/C14H18N4O/c1-3-5-13-17-12(15)9-14(18-13)16-10-6-4-7-11(8-10)19-2/h4,6-9H,3,5H2,1-2H3,(H3,15,16,17,18). The monoisotopic (exact) mass is 258 g/mol. The fourth-order valence-corrected chi connectivity index (χ4v) is 1.77. The first-order chi connectivity index (χ1) is 9.21. The van der Waals surface area contributed by atoms with Crippen LogP contribution in [0.4, 0.5) is 17.3 Å². The highest BCUT2D eigenvalue weighted by atomic mass is 16.5. The van der Waals surface area contributed by atoms with Gasteiger partial charge >= 0.3 is 0 Å². The SMILES string of the molecule is CCCc1nc(N)cc(Nc2cccc(OC)c2)n1. The first-order valence-electron chi connectivity index (χ1n) is 6.25. The van der Waals surface area contributed by atoms with Gasteiger partial charge in [0.25, 0.3) is 0 Å². The van der Waals surface area contributed by atoms with E-state index in [1.54, 1.807) is 13.2 Å². The molecule has 2 rings (SSSR count). The molecule has 5 heteroatoms. The van der Waals surface area contributed by atoms with Crippen LogP contribution < -0.4 is 15.8 Å². The lowest BCUT2D eigenvalue weighted by atomic mass is 10.3. The molecular formula is C14H18N4O. The predicted octanol–water partition coefficient (Wildman–Crippen LogP) is 2.76. The Hall–Kier alpha value is -2.30. The molecule has 2 aromatic rings. The molecule has 0 aliphatic rings. The van der Waals surface area contributed by atoms with E-state index in [4.69, 9.17) is 10.5 Å². The molecule has 0 saturated carbocycles. The molecule has 1 aromatic heterocycles. The molecular weight excluding hydrogens is 240 g/mol. The van der Waals surface area contributed by atoms with Crippen molar-refractivity contribution in [2.45, 2.75) is 19.8 Å². The minimum Gasteiger partial charge on any atom is -0.497 e. The number of nitrogens with one attached hydrogen (secondary N) is 1. The number of benzene rings is 1. The Morgan fingerprint density at radius 2 is 2.11 bits per heavy atom. The van der Waals surface area contributed by atoms with E-state index in [-0.39, 0.29) is 0 Å². The molecule has 0 atom stereocenters. The van der Waals surface area contributed by atoms with Crippen LogP contribution in [0, 0.1) is 0 Å². The maximum Gasteiger partial charge on any atom is 0.136 e. The van der Waals surface area contributed by atoms with Crippen molar-refractivity contribution in [3.63, 3.8) is 0 Å². The number of aromatic nitrogens is 2.